The van der Waals surface area contributed by atoms with Crippen molar-refractivity contribution in [3.63, 3.8) is 0 Å². The van der Waals surface area contributed by atoms with E-state index < -0.39 is 14.9 Å². The Morgan fingerprint density at radius 3 is 2.39 bits per heavy atom. The van der Waals surface area contributed by atoms with Gasteiger partial charge < -0.3 is 5.32 Å². The smallest absolute Gasteiger partial charge is 0.293 e. The number of anilines is 1. The molecule has 2 aromatic rings. The predicted molar refractivity (Wildman–Crippen MR) is 112 cm³/mol. The number of benzene rings is 2. The molecule has 0 spiro atoms. The molecular formula is C18H24N4O4S2. The Labute approximate surface area is 169 Å². The number of primary sulfonamides is 1. The van der Waals surface area contributed by atoms with Crippen LogP contribution in [0.25, 0.3) is 0 Å². The highest BCUT2D eigenvalue weighted by molar-refractivity contribution is 7.99. The molecule has 2 rings (SSSR count). The van der Waals surface area contributed by atoms with Gasteiger partial charge in [-0.25, -0.2) is 13.6 Å². The molecule has 3 N–H and O–H groups in total. The minimum atomic E-state index is -4.01. The molecule has 152 valence electrons. The van der Waals surface area contributed by atoms with E-state index >= 15 is 0 Å². The number of thioether (sulfide) groups is 1. The Balaban J connectivity index is 2.16. The Kier molecular flexibility index (Phi) is 7.41. The highest BCUT2D eigenvalue weighted by Gasteiger charge is 2.22. The summed E-state index contributed by atoms with van der Waals surface area (Å²) in [6.07, 6.45) is 0.709. The first-order chi connectivity index (χ1) is 13.1. The normalized spacial score (nSPS) is 13.9. The van der Waals surface area contributed by atoms with Crippen LogP contribution in [-0.2, 0) is 10.0 Å². The summed E-state index contributed by atoms with van der Waals surface area (Å²) in [4.78, 5) is 13.7. The van der Waals surface area contributed by atoms with E-state index in [1.165, 1.54) is 12.1 Å². The first-order valence-electron chi connectivity index (χ1n) is 8.54. The van der Waals surface area contributed by atoms with Crippen LogP contribution in [0.3, 0.4) is 0 Å². The molecular weight excluding hydrogens is 400 g/mol. The molecule has 0 saturated heterocycles. The van der Waals surface area contributed by atoms with Crippen molar-refractivity contribution in [2.45, 2.75) is 34.6 Å². The number of nitrogens with zero attached hydrogens (tertiary/aromatic N) is 2. The van der Waals surface area contributed by atoms with E-state index in [1.54, 1.807) is 11.8 Å². The molecule has 0 bridgehead atoms. The molecule has 0 aliphatic heterocycles. The van der Waals surface area contributed by atoms with Crippen LogP contribution in [0.5, 0.6) is 0 Å². The van der Waals surface area contributed by atoms with Gasteiger partial charge in [0.25, 0.3) is 5.69 Å². The third kappa shape index (κ3) is 6.20. The molecule has 0 aromatic heterocycles. The molecule has 0 heterocycles. The van der Waals surface area contributed by atoms with Crippen molar-refractivity contribution in [1.82, 2.24) is 4.90 Å². The topological polar surface area (TPSA) is 119 Å². The Morgan fingerprint density at radius 2 is 1.86 bits per heavy atom. The second-order valence-electron chi connectivity index (χ2n) is 6.61. The van der Waals surface area contributed by atoms with Crippen molar-refractivity contribution in [1.29, 1.82) is 0 Å². The first kappa shape index (κ1) is 22.2. The maximum Gasteiger partial charge on any atom is 0.293 e. The van der Waals surface area contributed by atoms with Gasteiger partial charge in [0.1, 0.15) is 5.69 Å². The van der Waals surface area contributed by atoms with Gasteiger partial charge in [-0.2, -0.15) is 0 Å². The van der Waals surface area contributed by atoms with Crippen molar-refractivity contribution >= 4 is 33.2 Å². The molecule has 2 atom stereocenters. The summed E-state index contributed by atoms with van der Waals surface area (Å²) in [6.45, 7) is 1.93. The van der Waals surface area contributed by atoms with Crippen LogP contribution in [-0.4, -0.2) is 43.8 Å². The van der Waals surface area contributed by atoms with Crippen LogP contribution in [0.15, 0.2) is 58.3 Å². The minimum absolute atomic E-state index is 0.0948. The van der Waals surface area contributed by atoms with Gasteiger partial charge in [-0.3, -0.25) is 15.0 Å². The largest absolute Gasteiger partial charge is 0.377 e. The maximum absolute atomic E-state index is 11.5. The molecule has 0 radical (unpaired) electrons. The zero-order chi connectivity index (χ0) is 20.9. The number of sulfonamides is 1. The van der Waals surface area contributed by atoms with Crippen LogP contribution in [0.2, 0.25) is 0 Å². The van der Waals surface area contributed by atoms with Crippen molar-refractivity contribution in [2.24, 2.45) is 5.14 Å². The second kappa shape index (κ2) is 9.37. The fourth-order valence-electron chi connectivity index (χ4n) is 2.61. The highest BCUT2D eigenvalue weighted by atomic mass is 32.2. The fraction of sp³-hybridized carbons (Fsp3) is 0.333. The summed E-state index contributed by atoms with van der Waals surface area (Å²) >= 11 is 1.71. The third-order valence-corrected chi connectivity index (χ3v) is 6.38. The second-order valence-corrected chi connectivity index (χ2v) is 9.42. The first-order valence-corrected chi connectivity index (χ1v) is 11.0. The van der Waals surface area contributed by atoms with Crippen LogP contribution < -0.4 is 10.5 Å². The lowest BCUT2D eigenvalue weighted by molar-refractivity contribution is -0.384. The SMILES string of the molecule is CC(CC(Sc1ccccc1)N(C)C)Nc1ccc(S(N)(=O)=O)cc1[N+](=O)[O-]. The summed E-state index contributed by atoms with van der Waals surface area (Å²) < 4.78 is 22.9. The van der Waals surface area contributed by atoms with Crippen molar-refractivity contribution in [2.75, 3.05) is 19.4 Å². The fourth-order valence-corrected chi connectivity index (χ4v) is 4.37. The molecule has 0 fully saturated rings. The van der Waals surface area contributed by atoms with Gasteiger partial charge in [-0.1, -0.05) is 18.2 Å². The Morgan fingerprint density at radius 1 is 1.21 bits per heavy atom. The van der Waals surface area contributed by atoms with E-state index in [2.05, 4.69) is 10.2 Å². The average molecular weight is 425 g/mol. The van der Waals surface area contributed by atoms with Crippen LogP contribution in [0, 0.1) is 10.1 Å². The monoisotopic (exact) mass is 424 g/mol. The van der Waals surface area contributed by atoms with Gasteiger partial charge in [0.15, 0.2) is 0 Å². The van der Waals surface area contributed by atoms with Gasteiger partial charge in [0.2, 0.25) is 10.0 Å². The quantitative estimate of drug-likeness (QED) is 0.275. The number of hydrogen-bond acceptors (Lipinski definition) is 7. The summed E-state index contributed by atoms with van der Waals surface area (Å²) in [6, 6.07) is 13.5. The molecule has 10 heteroatoms. The van der Waals surface area contributed by atoms with Crippen molar-refractivity contribution in [3.8, 4) is 0 Å². The van der Waals surface area contributed by atoms with Gasteiger partial charge in [0.05, 0.1) is 15.2 Å². The number of hydrogen-bond donors (Lipinski definition) is 2. The molecule has 0 saturated carbocycles. The summed E-state index contributed by atoms with van der Waals surface area (Å²) in [5, 5.41) is 19.7. The Hall–Kier alpha value is -2.14. The van der Waals surface area contributed by atoms with Crippen LogP contribution in [0.1, 0.15) is 13.3 Å². The standard InChI is InChI=1S/C18H24N4O4S2/c1-13(11-18(21(2)3)27-14-7-5-4-6-8-14)20-16-10-9-15(28(19,25)26)12-17(16)22(23)24/h4-10,12-13,18,20H,11H2,1-3H3,(H2,19,25,26). The van der Waals surface area contributed by atoms with E-state index in [0.29, 0.717) is 6.42 Å². The molecule has 28 heavy (non-hydrogen) atoms. The lowest BCUT2D eigenvalue weighted by atomic mass is 10.2. The molecule has 0 aliphatic rings. The van der Waals surface area contributed by atoms with Gasteiger partial charge >= 0.3 is 0 Å². The predicted octanol–water partition coefficient (Wildman–Crippen LogP) is 3.11. The molecule has 8 nitrogen and oxygen atoms in total. The molecule has 2 aromatic carbocycles. The average Bonchev–Trinajstić information content (AvgIpc) is 2.61. The summed E-state index contributed by atoms with van der Waals surface area (Å²) in [7, 11) is -0.0455. The molecule has 0 aliphatic carbocycles. The maximum atomic E-state index is 11.5. The zero-order valence-corrected chi connectivity index (χ0v) is 17.5. The van der Waals surface area contributed by atoms with E-state index in [-0.39, 0.29) is 27.7 Å². The molecule has 2 unspecified atom stereocenters. The van der Waals surface area contributed by atoms with E-state index in [0.717, 1.165) is 11.0 Å². The zero-order valence-electron chi connectivity index (χ0n) is 15.9. The lowest BCUT2D eigenvalue weighted by Crippen LogP contribution is -2.31. The van der Waals surface area contributed by atoms with Crippen molar-refractivity contribution < 1.29 is 13.3 Å². The van der Waals surface area contributed by atoms with Gasteiger partial charge in [-0.15, -0.1) is 11.8 Å². The number of rotatable bonds is 9. The number of nitro groups is 1. The molecule has 0 amide bonds. The summed E-state index contributed by atoms with van der Waals surface area (Å²) in [5.74, 6) is 0. The summed E-state index contributed by atoms with van der Waals surface area (Å²) in [5.41, 5.74) is -0.0670. The van der Waals surface area contributed by atoms with E-state index in [4.69, 9.17) is 5.14 Å². The van der Waals surface area contributed by atoms with Gasteiger partial charge in [-0.05, 0) is 51.7 Å². The van der Waals surface area contributed by atoms with Crippen LogP contribution >= 0.6 is 11.8 Å². The third-order valence-electron chi connectivity index (χ3n) is 4.04. The lowest BCUT2D eigenvalue weighted by Gasteiger charge is -2.27. The van der Waals surface area contributed by atoms with Crippen molar-refractivity contribution in [3.05, 3.63) is 58.6 Å². The van der Waals surface area contributed by atoms with Crippen LogP contribution in [0.4, 0.5) is 11.4 Å². The number of nitrogens with two attached hydrogens (primary N) is 1. The number of nitro benzene ring substituents is 1. The van der Waals surface area contributed by atoms with E-state index in [9.17, 15) is 18.5 Å². The van der Waals surface area contributed by atoms with Gasteiger partial charge in [0, 0.05) is 17.0 Å². The minimum Gasteiger partial charge on any atom is -0.377 e. The Bertz CT molecular complexity index is 920. The highest BCUT2D eigenvalue weighted by Crippen LogP contribution is 2.31. The number of nitrogens with one attached hydrogen (secondary N) is 1. The van der Waals surface area contributed by atoms with E-state index in [1.807, 2.05) is 51.4 Å².